The van der Waals surface area contributed by atoms with Crippen molar-refractivity contribution in [2.24, 2.45) is 0 Å². The van der Waals surface area contributed by atoms with Gasteiger partial charge < -0.3 is 14.5 Å². The number of benzene rings is 2. The smallest absolute Gasteiger partial charge is 0.328 e. The van der Waals surface area contributed by atoms with Crippen LogP contribution in [0.1, 0.15) is 29.7 Å². The molecule has 0 aliphatic heterocycles. The average molecular weight is 500 g/mol. The van der Waals surface area contributed by atoms with Gasteiger partial charge in [0.2, 0.25) is 0 Å². The highest BCUT2D eigenvalue weighted by Crippen LogP contribution is 2.33. The van der Waals surface area contributed by atoms with Gasteiger partial charge in [-0.2, -0.15) is 0 Å². The first-order valence-electron chi connectivity index (χ1n) is 11.0. The van der Waals surface area contributed by atoms with Gasteiger partial charge in [-0.15, -0.1) is 0 Å². The van der Waals surface area contributed by atoms with Crippen molar-refractivity contribution in [1.29, 1.82) is 0 Å². The monoisotopic (exact) mass is 499 g/mol. The van der Waals surface area contributed by atoms with E-state index in [9.17, 15) is 17.6 Å². The number of halogens is 1. The summed E-state index contributed by atoms with van der Waals surface area (Å²) in [5.41, 5.74) is 1.88. The molecule has 0 radical (unpaired) electrons. The van der Waals surface area contributed by atoms with Crippen molar-refractivity contribution in [3.8, 4) is 11.5 Å². The number of ether oxygens (including phenoxy) is 2. The maximum absolute atomic E-state index is 14.3. The number of aromatic nitrogens is 3. The minimum atomic E-state index is -3.51. The van der Waals surface area contributed by atoms with Crippen LogP contribution in [0.5, 0.6) is 11.5 Å². The van der Waals surface area contributed by atoms with E-state index in [1.54, 1.807) is 42.5 Å². The summed E-state index contributed by atoms with van der Waals surface area (Å²) in [6.07, 6.45) is 2.88. The summed E-state index contributed by atoms with van der Waals surface area (Å²) < 4.78 is 51.4. The molecule has 1 N–H and O–H groups in total. The Kier molecular flexibility index (Phi) is 6.93. The van der Waals surface area contributed by atoms with Crippen LogP contribution in [0.15, 0.2) is 59.5 Å². The quantitative estimate of drug-likeness (QED) is 0.378. The van der Waals surface area contributed by atoms with Gasteiger partial charge >= 0.3 is 5.69 Å². The molecule has 35 heavy (non-hydrogen) atoms. The van der Waals surface area contributed by atoms with Gasteiger partial charge in [-0.1, -0.05) is 24.3 Å². The van der Waals surface area contributed by atoms with E-state index in [4.69, 9.17) is 9.47 Å². The molecule has 0 unspecified atom stereocenters. The Morgan fingerprint density at radius 3 is 2.57 bits per heavy atom. The third kappa shape index (κ3) is 5.22. The molecule has 0 fully saturated rings. The van der Waals surface area contributed by atoms with Gasteiger partial charge in [-0.3, -0.25) is 4.57 Å². The number of hydrogen-bond acceptors (Lipinski definition) is 6. The number of H-pyrrole nitrogens is 1. The number of aromatic amines is 1. The van der Waals surface area contributed by atoms with Crippen LogP contribution < -0.4 is 15.2 Å². The SMILES string of the molecule is CCOc1cc([C@H](CS(C)(=O)=O)n2c(=O)[nH]c3c(Cc4ccccc4F)ccnc32)ccc1OC. The molecule has 0 saturated heterocycles. The summed E-state index contributed by atoms with van der Waals surface area (Å²) in [7, 11) is -2.00. The Morgan fingerprint density at radius 2 is 1.89 bits per heavy atom. The Balaban J connectivity index is 1.88. The van der Waals surface area contributed by atoms with Crippen molar-refractivity contribution in [2.75, 3.05) is 25.7 Å². The number of fused-ring (bicyclic) bond motifs is 1. The summed E-state index contributed by atoms with van der Waals surface area (Å²) in [5, 5.41) is 0. The molecule has 1 atom stereocenters. The molecule has 0 saturated carbocycles. The first kappa shape index (κ1) is 24.5. The third-order valence-corrected chi connectivity index (χ3v) is 6.60. The highest BCUT2D eigenvalue weighted by Gasteiger charge is 2.26. The zero-order valence-corrected chi connectivity index (χ0v) is 20.4. The maximum atomic E-state index is 14.3. The fourth-order valence-electron chi connectivity index (χ4n) is 4.13. The van der Waals surface area contributed by atoms with Gasteiger partial charge in [0.1, 0.15) is 15.7 Å². The van der Waals surface area contributed by atoms with Crippen LogP contribution in [0, 0.1) is 5.82 Å². The lowest BCUT2D eigenvalue weighted by atomic mass is 10.0. The lowest BCUT2D eigenvalue weighted by Crippen LogP contribution is -2.28. The fourth-order valence-corrected chi connectivity index (χ4v) is 5.05. The van der Waals surface area contributed by atoms with Gasteiger partial charge in [-0.05, 0) is 47.9 Å². The molecule has 0 bridgehead atoms. The average Bonchev–Trinajstić information content (AvgIpc) is 3.15. The van der Waals surface area contributed by atoms with Crippen molar-refractivity contribution in [2.45, 2.75) is 19.4 Å². The number of hydrogen-bond donors (Lipinski definition) is 1. The standard InChI is InChI=1S/C25H26FN3O5S/c1-4-34-22-14-17(9-10-21(22)33-2)20(15-35(3,31)32)29-24-23(28-25(29)30)18(11-12-27-24)13-16-7-5-6-8-19(16)26/h5-12,14,20H,4,13,15H2,1-3H3,(H,28,30)/t20-/m0/s1. The Morgan fingerprint density at radius 1 is 1.11 bits per heavy atom. The second kappa shape index (κ2) is 9.91. The number of pyridine rings is 1. The Labute approximate surface area is 202 Å². The molecule has 0 spiro atoms. The minimum absolute atomic E-state index is 0.236. The predicted molar refractivity (Wildman–Crippen MR) is 132 cm³/mol. The van der Waals surface area contributed by atoms with Crippen LogP contribution in [0.2, 0.25) is 0 Å². The van der Waals surface area contributed by atoms with Gasteiger partial charge in [0.15, 0.2) is 17.1 Å². The second-order valence-corrected chi connectivity index (χ2v) is 10.4. The van der Waals surface area contributed by atoms with Crippen molar-refractivity contribution < 1.29 is 22.3 Å². The van der Waals surface area contributed by atoms with Crippen LogP contribution >= 0.6 is 0 Å². The molecule has 0 aliphatic rings. The molecule has 2 heterocycles. The summed E-state index contributed by atoms with van der Waals surface area (Å²) >= 11 is 0. The van der Waals surface area contributed by atoms with Crippen LogP contribution in [-0.2, 0) is 16.3 Å². The number of methoxy groups -OCH3 is 1. The van der Waals surface area contributed by atoms with E-state index in [2.05, 4.69) is 9.97 Å². The molecule has 0 amide bonds. The van der Waals surface area contributed by atoms with Crippen molar-refractivity contribution in [3.63, 3.8) is 0 Å². The maximum Gasteiger partial charge on any atom is 0.328 e. The van der Waals surface area contributed by atoms with Crippen molar-refractivity contribution >= 4 is 21.0 Å². The summed E-state index contributed by atoms with van der Waals surface area (Å²) in [6, 6.07) is 12.3. The van der Waals surface area contributed by atoms with E-state index in [-0.39, 0.29) is 23.6 Å². The van der Waals surface area contributed by atoms with E-state index in [0.717, 1.165) is 6.26 Å². The Bertz CT molecular complexity index is 1530. The van der Waals surface area contributed by atoms with E-state index in [0.29, 0.717) is 40.3 Å². The summed E-state index contributed by atoms with van der Waals surface area (Å²) in [5.74, 6) is 0.241. The molecular formula is C25H26FN3O5S. The van der Waals surface area contributed by atoms with Gasteiger partial charge in [-0.25, -0.2) is 22.6 Å². The summed E-state index contributed by atoms with van der Waals surface area (Å²) in [4.78, 5) is 20.4. The molecule has 2 aromatic carbocycles. The fraction of sp³-hybridized carbons (Fsp3) is 0.280. The molecule has 2 aromatic heterocycles. The van der Waals surface area contributed by atoms with Gasteiger partial charge in [0.05, 0.1) is 31.0 Å². The predicted octanol–water partition coefficient (Wildman–Crippen LogP) is 3.50. The lowest BCUT2D eigenvalue weighted by molar-refractivity contribution is 0.310. The van der Waals surface area contributed by atoms with Crippen LogP contribution in [0.3, 0.4) is 0 Å². The van der Waals surface area contributed by atoms with E-state index in [1.807, 2.05) is 6.92 Å². The van der Waals surface area contributed by atoms with E-state index in [1.165, 1.54) is 23.9 Å². The third-order valence-electron chi connectivity index (χ3n) is 5.68. The second-order valence-electron chi connectivity index (χ2n) is 8.19. The van der Waals surface area contributed by atoms with E-state index >= 15 is 0 Å². The summed E-state index contributed by atoms with van der Waals surface area (Å²) in [6.45, 7) is 2.20. The molecule has 4 aromatic rings. The lowest BCUT2D eigenvalue weighted by Gasteiger charge is -2.20. The van der Waals surface area contributed by atoms with Gasteiger partial charge in [0.25, 0.3) is 0 Å². The molecule has 4 rings (SSSR count). The zero-order chi connectivity index (χ0) is 25.2. The number of rotatable bonds is 9. The van der Waals surface area contributed by atoms with Crippen molar-refractivity contribution in [1.82, 2.24) is 14.5 Å². The molecule has 184 valence electrons. The normalized spacial score (nSPS) is 12.6. The topological polar surface area (TPSA) is 103 Å². The number of imidazole rings is 1. The van der Waals surface area contributed by atoms with Crippen LogP contribution in [0.4, 0.5) is 4.39 Å². The van der Waals surface area contributed by atoms with Crippen molar-refractivity contribution in [3.05, 3.63) is 87.7 Å². The van der Waals surface area contributed by atoms with Crippen LogP contribution in [0.25, 0.3) is 11.2 Å². The number of nitrogens with zero attached hydrogens (tertiary/aromatic N) is 2. The first-order chi connectivity index (χ1) is 16.7. The first-order valence-corrected chi connectivity index (χ1v) is 13.1. The molecule has 10 heteroatoms. The largest absolute Gasteiger partial charge is 0.493 e. The van der Waals surface area contributed by atoms with Gasteiger partial charge in [0, 0.05) is 18.9 Å². The Hall–Kier alpha value is -3.66. The van der Waals surface area contributed by atoms with Crippen LogP contribution in [-0.4, -0.2) is 48.7 Å². The zero-order valence-electron chi connectivity index (χ0n) is 19.6. The highest BCUT2D eigenvalue weighted by atomic mass is 32.2. The number of nitrogens with one attached hydrogen (secondary N) is 1. The minimum Gasteiger partial charge on any atom is -0.493 e. The van der Waals surface area contributed by atoms with E-state index < -0.39 is 21.6 Å². The molecule has 0 aliphatic carbocycles. The highest BCUT2D eigenvalue weighted by molar-refractivity contribution is 7.90. The molecule has 8 nitrogen and oxygen atoms in total. The number of sulfone groups is 1. The molecular weight excluding hydrogens is 473 g/mol.